The summed E-state index contributed by atoms with van der Waals surface area (Å²) < 4.78 is 0. The van der Waals surface area contributed by atoms with Gasteiger partial charge >= 0.3 is 0 Å². The van der Waals surface area contributed by atoms with Gasteiger partial charge in [0.1, 0.15) is 0 Å². The second kappa shape index (κ2) is 5.86. The van der Waals surface area contributed by atoms with Crippen LogP contribution in [0.1, 0.15) is 56.1 Å². The summed E-state index contributed by atoms with van der Waals surface area (Å²) in [6, 6.07) is 10.1. The predicted molar refractivity (Wildman–Crippen MR) is 91.3 cm³/mol. The highest BCUT2D eigenvalue weighted by Gasteiger charge is 2.28. The minimum Gasteiger partial charge on any atom is -0.349 e. The fourth-order valence-corrected chi connectivity index (χ4v) is 3.87. The van der Waals surface area contributed by atoms with Gasteiger partial charge in [-0.05, 0) is 49.8 Å². The van der Waals surface area contributed by atoms with Crippen molar-refractivity contribution >= 4 is 11.7 Å². The molecule has 122 valence electrons. The minimum atomic E-state index is -0.148. The Morgan fingerprint density at radius 3 is 2.58 bits per heavy atom. The summed E-state index contributed by atoms with van der Waals surface area (Å²) >= 11 is 0. The van der Waals surface area contributed by atoms with E-state index in [9.17, 15) is 9.59 Å². The zero-order valence-corrected chi connectivity index (χ0v) is 13.8. The molecule has 4 nitrogen and oxygen atoms in total. The first-order valence-corrected chi connectivity index (χ1v) is 8.53. The average molecular weight is 320 g/mol. The Morgan fingerprint density at radius 1 is 1.17 bits per heavy atom. The van der Waals surface area contributed by atoms with Gasteiger partial charge in [0.05, 0.1) is 16.8 Å². The molecule has 1 heterocycles. The molecule has 1 amide bonds. The van der Waals surface area contributed by atoms with E-state index in [-0.39, 0.29) is 17.7 Å². The SMILES string of the molecule is Cc1cc(C(=O)NC2Cc3ccccc3C2)c2c(n1)CCCC2=O. The Kier molecular flexibility index (Phi) is 3.68. The Bertz CT molecular complexity index is 817. The average Bonchev–Trinajstić information content (AvgIpc) is 2.96. The molecule has 0 saturated heterocycles. The Hall–Kier alpha value is -2.49. The van der Waals surface area contributed by atoms with Crippen LogP contribution < -0.4 is 5.32 Å². The van der Waals surface area contributed by atoms with Gasteiger partial charge in [0, 0.05) is 18.2 Å². The lowest BCUT2D eigenvalue weighted by atomic mass is 9.90. The Morgan fingerprint density at radius 2 is 1.88 bits per heavy atom. The highest BCUT2D eigenvalue weighted by molar-refractivity contribution is 6.09. The molecule has 0 atom stereocenters. The standard InChI is InChI=1S/C20H20N2O2/c1-12-9-16(19-17(21-12)7-4-8-18(19)23)20(24)22-15-10-13-5-2-3-6-14(13)11-15/h2-3,5-6,9,15H,4,7-8,10-11H2,1H3,(H,22,24). The number of hydrogen-bond donors (Lipinski definition) is 1. The third-order valence-corrected chi connectivity index (χ3v) is 4.95. The highest BCUT2D eigenvalue weighted by Crippen LogP contribution is 2.25. The van der Waals surface area contributed by atoms with E-state index in [2.05, 4.69) is 22.4 Å². The number of nitrogens with zero attached hydrogens (tertiary/aromatic N) is 1. The summed E-state index contributed by atoms with van der Waals surface area (Å²) in [7, 11) is 0. The largest absolute Gasteiger partial charge is 0.349 e. The van der Waals surface area contributed by atoms with Crippen LogP contribution in [0.25, 0.3) is 0 Å². The Labute approximate surface area is 141 Å². The van der Waals surface area contributed by atoms with Gasteiger partial charge in [0.25, 0.3) is 5.91 Å². The molecule has 0 radical (unpaired) electrons. The smallest absolute Gasteiger partial charge is 0.252 e. The molecule has 2 aromatic rings. The van der Waals surface area contributed by atoms with Crippen LogP contribution in [-0.2, 0) is 19.3 Å². The lowest BCUT2D eigenvalue weighted by molar-refractivity contribution is 0.0915. The van der Waals surface area contributed by atoms with Crippen molar-refractivity contribution in [1.29, 1.82) is 0 Å². The monoisotopic (exact) mass is 320 g/mol. The molecule has 24 heavy (non-hydrogen) atoms. The third kappa shape index (κ3) is 2.62. The first-order valence-electron chi connectivity index (χ1n) is 8.53. The molecule has 2 aliphatic carbocycles. The summed E-state index contributed by atoms with van der Waals surface area (Å²) in [4.78, 5) is 29.6. The van der Waals surface area contributed by atoms with Crippen LogP contribution in [0.15, 0.2) is 30.3 Å². The van der Waals surface area contributed by atoms with Gasteiger partial charge in [-0.15, -0.1) is 0 Å². The first kappa shape index (κ1) is 15.1. The zero-order chi connectivity index (χ0) is 16.7. The maximum absolute atomic E-state index is 12.8. The molecule has 0 saturated carbocycles. The summed E-state index contributed by atoms with van der Waals surface area (Å²) in [5.41, 5.74) is 5.21. The van der Waals surface area contributed by atoms with Crippen molar-refractivity contribution in [3.05, 3.63) is 64.0 Å². The molecule has 0 unspecified atom stereocenters. The van der Waals surface area contributed by atoms with Crippen molar-refractivity contribution in [2.45, 2.75) is 45.1 Å². The summed E-state index contributed by atoms with van der Waals surface area (Å²) in [6.07, 6.45) is 3.80. The number of aryl methyl sites for hydroxylation is 2. The molecule has 4 rings (SSSR count). The van der Waals surface area contributed by atoms with Crippen LogP contribution in [0.5, 0.6) is 0 Å². The van der Waals surface area contributed by atoms with Crippen molar-refractivity contribution in [2.24, 2.45) is 0 Å². The number of rotatable bonds is 2. The van der Waals surface area contributed by atoms with E-state index in [0.717, 1.165) is 37.1 Å². The molecule has 0 aliphatic heterocycles. The fraction of sp³-hybridized carbons (Fsp3) is 0.350. The molecule has 0 bridgehead atoms. The van der Waals surface area contributed by atoms with Gasteiger partial charge in [0.2, 0.25) is 0 Å². The van der Waals surface area contributed by atoms with Gasteiger partial charge in [-0.25, -0.2) is 0 Å². The number of fused-ring (bicyclic) bond motifs is 2. The highest BCUT2D eigenvalue weighted by atomic mass is 16.2. The van der Waals surface area contributed by atoms with Crippen molar-refractivity contribution in [3.63, 3.8) is 0 Å². The number of Topliss-reactive ketones (excluding diaryl/α,β-unsaturated/α-hetero) is 1. The number of benzene rings is 1. The minimum absolute atomic E-state index is 0.0450. The number of hydrogen-bond acceptors (Lipinski definition) is 3. The van der Waals surface area contributed by atoms with Crippen molar-refractivity contribution < 1.29 is 9.59 Å². The zero-order valence-electron chi connectivity index (χ0n) is 13.8. The predicted octanol–water partition coefficient (Wildman–Crippen LogP) is 2.81. The lowest BCUT2D eigenvalue weighted by Crippen LogP contribution is -2.36. The van der Waals surface area contributed by atoms with E-state index in [1.165, 1.54) is 11.1 Å². The van der Waals surface area contributed by atoms with Gasteiger partial charge in [-0.1, -0.05) is 24.3 Å². The second-order valence-electron chi connectivity index (χ2n) is 6.76. The summed E-state index contributed by atoms with van der Waals surface area (Å²) in [6.45, 7) is 1.88. The van der Waals surface area contributed by atoms with Gasteiger partial charge in [0.15, 0.2) is 5.78 Å². The summed E-state index contributed by atoms with van der Waals surface area (Å²) in [5, 5.41) is 3.12. The molecular formula is C20H20N2O2. The normalized spacial score (nSPS) is 16.6. The number of nitrogens with one attached hydrogen (secondary N) is 1. The number of amides is 1. The van der Waals surface area contributed by atoms with Gasteiger partial charge in [-0.2, -0.15) is 0 Å². The molecule has 2 aliphatic rings. The number of pyridine rings is 1. The molecule has 1 aromatic heterocycles. The first-order chi connectivity index (χ1) is 11.6. The van der Waals surface area contributed by atoms with Crippen LogP contribution in [0.3, 0.4) is 0 Å². The third-order valence-electron chi connectivity index (χ3n) is 4.95. The van der Waals surface area contributed by atoms with Crippen LogP contribution >= 0.6 is 0 Å². The fourth-order valence-electron chi connectivity index (χ4n) is 3.87. The lowest BCUT2D eigenvalue weighted by Gasteiger charge is -2.19. The molecule has 1 aromatic carbocycles. The Balaban J connectivity index is 1.60. The van der Waals surface area contributed by atoms with E-state index in [0.29, 0.717) is 17.5 Å². The summed E-state index contributed by atoms with van der Waals surface area (Å²) in [5.74, 6) is -0.103. The molecule has 0 fully saturated rings. The van der Waals surface area contributed by atoms with E-state index in [4.69, 9.17) is 0 Å². The molecule has 0 spiro atoms. The van der Waals surface area contributed by atoms with E-state index >= 15 is 0 Å². The van der Waals surface area contributed by atoms with Gasteiger partial charge in [-0.3, -0.25) is 14.6 Å². The molecule has 4 heteroatoms. The quantitative estimate of drug-likeness (QED) is 0.925. The van der Waals surface area contributed by atoms with E-state index in [1.54, 1.807) is 6.07 Å². The topological polar surface area (TPSA) is 59.1 Å². The maximum atomic E-state index is 12.8. The second-order valence-corrected chi connectivity index (χ2v) is 6.76. The van der Waals surface area contributed by atoms with Gasteiger partial charge < -0.3 is 5.32 Å². The van der Waals surface area contributed by atoms with Crippen LogP contribution in [0, 0.1) is 6.92 Å². The molecular weight excluding hydrogens is 300 g/mol. The van der Waals surface area contributed by atoms with E-state index < -0.39 is 0 Å². The van der Waals surface area contributed by atoms with Crippen LogP contribution in [0.4, 0.5) is 0 Å². The van der Waals surface area contributed by atoms with Crippen LogP contribution in [0.2, 0.25) is 0 Å². The van der Waals surface area contributed by atoms with Crippen molar-refractivity contribution in [1.82, 2.24) is 10.3 Å². The number of aromatic nitrogens is 1. The maximum Gasteiger partial charge on any atom is 0.252 e. The van der Waals surface area contributed by atoms with Crippen LogP contribution in [-0.4, -0.2) is 22.7 Å². The number of carbonyl (C=O) groups is 2. The van der Waals surface area contributed by atoms with Crippen molar-refractivity contribution in [3.8, 4) is 0 Å². The molecule has 1 N–H and O–H groups in total. The number of ketones is 1. The number of carbonyl (C=O) groups excluding carboxylic acids is 2. The van der Waals surface area contributed by atoms with Crippen molar-refractivity contribution in [2.75, 3.05) is 0 Å². The van der Waals surface area contributed by atoms with E-state index in [1.807, 2.05) is 19.1 Å².